The van der Waals surface area contributed by atoms with E-state index in [4.69, 9.17) is 0 Å². The number of rotatable bonds is 3. The third kappa shape index (κ3) is 3.50. The first kappa shape index (κ1) is 13.8. The minimum absolute atomic E-state index is 0.744. The van der Waals surface area contributed by atoms with E-state index in [2.05, 4.69) is 22.0 Å². The molecule has 3 rings (SSSR count). The largest absolute Gasteiger partial charge is 0.312 e. The molecule has 3 unspecified atom stereocenters. The lowest BCUT2D eigenvalue weighted by molar-refractivity contribution is 0.154. The molecule has 0 bridgehead atoms. The summed E-state index contributed by atoms with van der Waals surface area (Å²) in [5.74, 6) is 0.864. The van der Waals surface area contributed by atoms with E-state index in [1.807, 2.05) is 0 Å². The molecule has 3 heteroatoms. The Bertz CT molecular complexity index is 275. The summed E-state index contributed by atoms with van der Waals surface area (Å²) >= 11 is 0. The van der Waals surface area contributed by atoms with Gasteiger partial charge in [-0.25, -0.2) is 0 Å². The number of hydrogen-bond donors (Lipinski definition) is 1. The van der Waals surface area contributed by atoms with E-state index in [-0.39, 0.29) is 0 Å². The molecule has 3 atom stereocenters. The molecule has 0 saturated carbocycles. The lowest BCUT2D eigenvalue weighted by Crippen LogP contribution is -2.48. The van der Waals surface area contributed by atoms with Gasteiger partial charge in [-0.1, -0.05) is 13.3 Å². The Morgan fingerprint density at radius 1 is 1.00 bits per heavy atom. The Labute approximate surface area is 118 Å². The number of nitrogens with zero attached hydrogens (tertiary/aromatic N) is 2. The lowest BCUT2D eigenvalue weighted by atomic mass is 9.92. The molecule has 3 heterocycles. The van der Waals surface area contributed by atoms with Crippen LogP contribution in [0.2, 0.25) is 0 Å². The van der Waals surface area contributed by atoms with Crippen molar-refractivity contribution in [2.75, 3.05) is 39.3 Å². The van der Waals surface area contributed by atoms with Gasteiger partial charge in [-0.3, -0.25) is 4.90 Å². The third-order valence-electron chi connectivity index (χ3n) is 5.54. The van der Waals surface area contributed by atoms with Crippen LogP contribution in [0.25, 0.3) is 0 Å². The quantitative estimate of drug-likeness (QED) is 0.841. The van der Waals surface area contributed by atoms with Gasteiger partial charge >= 0.3 is 0 Å². The topological polar surface area (TPSA) is 18.5 Å². The maximum Gasteiger partial charge on any atom is 0.0235 e. The molecule has 3 aliphatic heterocycles. The zero-order valence-electron chi connectivity index (χ0n) is 12.6. The smallest absolute Gasteiger partial charge is 0.0235 e. The van der Waals surface area contributed by atoms with Crippen LogP contribution in [0.3, 0.4) is 0 Å². The second kappa shape index (κ2) is 6.55. The van der Waals surface area contributed by atoms with E-state index in [0.717, 1.165) is 18.0 Å². The summed E-state index contributed by atoms with van der Waals surface area (Å²) in [4.78, 5) is 5.49. The van der Waals surface area contributed by atoms with Gasteiger partial charge in [0.25, 0.3) is 0 Å². The summed E-state index contributed by atoms with van der Waals surface area (Å²) in [6, 6.07) is 1.60. The maximum atomic E-state index is 3.73. The molecule has 110 valence electrons. The van der Waals surface area contributed by atoms with E-state index >= 15 is 0 Å². The summed E-state index contributed by atoms with van der Waals surface area (Å²) in [7, 11) is 0. The fourth-order valence-corrected chi connectivity index (χ4v) is 4.20. The average Bonchev–Trinajstić information content (AvgIpc) is 2.91. The van der Waals surface area contributed by atoms with Gasteiger partial charge in [-0.15, -0.1) is 0 Å². The Kier molecular flexibility index (Phi) is 4.78. The highest BCUT2D eigenvalue weighted by molar-refractivity contribution is 4.88. The molecule has 1 N–H and O–H groups in total. The van der Waals surface area contributed by atoms with Crippen LogP contribution in [-0.2, 0) is 0 Å². The number of hydrogen-bond acceptors (Lipinski definition) is 3. The molecule has 0 amide bonds. The predicted octanol–water partition coefficient (Wildman–Crippen LogP) is 1.93. The molecule has 3 nitrogen and oxygen atoms in total. The van der Waals surface area contributed by atoms with Crippen molar-refractivity contribution >= 4 is 0 Å². The van der Waals surface area contributed by atoms with Gasteiger partial charge in [0.2, 0.25) is 0 Å². The monoisotopic (exact) mass is 265 g/mol. The van der Waals surface area contributed by atoms with Crippen LogP contribution in [0.5, 0.6) is 0 Å². The van der Waals surface area contributed by atoms with E-state index < -0.39 is 0 Å². The van der Waals surface area contributed by atoms with Crippen LogP contribution in [0.4, 0.5) is 0 Å². The van der Waals surface area contributed by atoms with Crippen molar-refractivity contribution in [1.82, 2.24) is 15.1 Å². The first-order valence-corrected chi connectivity index (χ1v) is 8.53. The zero-order chi connectivity index (χ0) is 13.1. The number of piperidine rings is 2. The van der Waals surface area contributed by atoms with Crippen molar-refractivity contribution in [2.45, 2.75) is 57.5 Å². The molecule has 0 aliphatic carbocycles. The average molecular weight is 265 g/mol. The molecular formula is C16H31N3. The highest BCUT2D eigenvalue weighted by Crippen LogP contribution is 2.22. The molecule has 19 heavy (non-hydrogen) atoms. The molecule has 0 aromatic heterocycles. The van der Waals surface area contributed by atoms with Gasteiger partial charge in [-0.05, 0) is 64.2 Å². The van der Waals surface area contributed by atoms with Crippen molar-refractivity contribution in [3.63, 3.8) is 0 Å². The molecule has 0 aromatic carbocycles. The van der Waals surface area contributed by atoms with Gasteiger partial charge in [0, 0.05) is 25.2 Å². The van der Waals surface area contributed by atoms with Crippen molar-refractivity contribution < 1.29 is 0 Å². The van der Waals surface area contributed by atoms with Crippen molar-refractivity contribution in [3.05, 3.63) is 0 Å². The highest BCUT2D eigenvalue weighted by atomic mass is 15.3. The number of nitrogens with one attached hydrogen (secondary N) is 1. The van der Waals surface area contributed by atoms with Crippen molar-refractivity contribution in [3.8, 4) is 0 Å². The molecule has 0 aromatic rings. The van der Waals surface area contributed by atoms with Gasteiger partial charge in [0.05, 0.1) is 0 Å². The fraction of sp³-hybridized carbons (Fsp3) is 1.00. The predicted molar refractivity (Wildman–Crippen MR) is 80.5 cm³/mol. The molecule has 3 aliphatic rings. The second-order valence-corrected chi connectivity index (χ2v) is 6.98. The van der Waals surface area contributed by atoms with E-state index in [9.17, 15) is 0 Å². The first-order chi connectivity index (χ1) is 9.33. The van der Waals surface area contributed by atoms with Gasteiger partial charge < -0.3 is 10.2 Å². The zero-order valence-corrected chi connectivity index (χ0v) is 12.6. The van der Waals surface area contributed by atoms with Crippen molar-refractivity contribution in [2.24, 2.45) is 5.92 Å². The molecule has 3 saturated heterocycles. The van der Waals surface area contributed by atoms with Crippen LogP contribution in [0.15, 0.2) is 0 Å². The maximum absolute atomic E-state index is 3.73. The van der Waals surface area contributed by atoms with Gasteiger partial charge in [0.1, 0.15) is 0 Å². The van der Waals surface area contributed by atoms with E-state index in [0.29, 0.717) is 0 Å². The Balaban J connectivity index is 1.45. The Hall–Kier alpha value is -0.120. The normalized spacial score (nSPS) is 38.7. The van der Waals surface area contributed by atoms with Crippen LogP contribution < -0.4 is 5.32 Å². The fourth-order valence-electron chi connectivity index (χ4n) is 4.20. The lowest BCUT2D eigenvalue weighted by Gasteiger charge is -2.34. The first-order valence-electron chi connectivity index (χ1n) is 8.53. The van der Waals surface area contributed by atoms with Crippen LogP contribution in [-0.4, -0.2) is 61.2 Å². The SMILES string of the molecule is CC1CCCNC1CN1CCC(N2CCCCC2)C1. The molecule has 3 fully saturated rings. The summed E-state index contributed by atoms with van der Waals surface area (Å²) in [5.41, 5.74) is 0. The summed E-state index contributed by atoms with van der Waals surface area (Å²) in [6.45, 7) is 10.3. The summed E-state index contributed by atoms with van der Waals surface area (Å²) in [5, 5.41) is 3.73. The van der Waals surface area contributed by atoms with E-state index in [1.54, 1.807) is 0 Å². The number of likely N-dealkylation sites (tertiary alicyclic amines) is 2. The standard InChI is InChI=1S/C16H31N3/c1-14-6-5-8-17-16(14)13-18-11-7-15(12-18)19-9-3-2-4-10-19/h14-17H,2-13H2,1H3. The highest BCUT2D eigenvalue weighted by Gasteiger charge is 2.31. The van der Waals surface area contributed by atoms with E-state index in [1.165, 1.54) is 77.8 Å². The minimum atomic E-state index is 0.744. The minimum Gasteiger partial charge on any atom is -0.312 e. The van der Waals surface area contributed by atoms with Crippen molar-refractivity contribution in [1.29, 1.82) is 0 Å². The van der Waals surface area contributed by atoms with Gasteiger partial charge in [0.15, 0.2) is 0 Å². The summed E-state index contributed by atoms with van der Waals surface area (Å²) < 4.78 is 0. The van der Waals surface area contributed by atoms with Crippen LogP contribution in [0.1, 0.15) is 45.4 Å². The molecular weight excluding hydrogens is 234 g/mol. The Morgan fingerprint density at radius 3 is 2.63 bits per heavy atom. The van der Waals surface area contributed by atoms with Crippen LogP contribution >= 0.6 is 0 Å². The second-order valence-electron chi connectivity index (χ2n) is 6.98. The van der Waals surface area contributed by atoms with Gasteiger partial charge in [-0.2, -0.15) is 0 Å². The van der Waals surface area contributed by atoms with Crippen LogP contribution in [0, 0.1) is 5.92 Å². The third-order valence-corrected chi connectivity index (χ3v) is 5.54. The summed E-state index contributed by atoms with van der Waals surface area (Å²) in [6.07, 6.45) is 8.50. The molecule has 0 radical (unpaired) electrons. The molecule has 0 spiro atoms. The Morgan fingerprint density at radius 2 is 1.84 bits per heavy atom.